The highest BCUT2D eigenvalue weighted by molar-refractivity contribution is 5.90. The molecule has 0 spiro atoms. The maximum absolute atomic E-state index is 13.9. The van der Waals surface area contributed by atoms with Gasteiger partial charge in [0.15, 0.2) is 11.3 Å². The van der Waals surface area contributed by atoms with Crippen LogP contribution in [0.5, 0.6) is 0 Å². The minimum atomic E-state index is -0.620. The Labute approximate surface area is 220 Å². The molecule has 1 aliphatic heterocycles. The average Bonchev–Trinajstić information content (AvgIpc) is 3.49. The van der Waals surface area contributed by atoms with Gasteiger partial charge in [-0.2, -0.15) is 0 Å². The average molecular weight is 515 g/mol. The largest absolute Gasteiger partial charge is 0.464 e. The standard InChI is InChI=1S/C29H30N4O5/c1-29(2,3)38-28(36)31-17-16-22(18-31)33-25-24(15-14-23(30-25)26(34)37-4)32(27(33)35)21-12-10-20(11-13-21)19-8-6-5-7-9-19/h5-15,22H,16-18H2,1-4H3. The van der Waals surface area contributed by atoms with E-state index in [1.54, 1.807) is 26.2 Å². The minimum Gasteiger partial charge on any atom is -0.464 e. The monoisotopic (exact) mass is 514 g/mol. The van der Waals surface area contributed by atoms with E-state index in [2.05, 4.69) is 4.98 Å². The Morgan fingerprint density at radius 3 is 2.29 bits per heavy atom. The summed E-state index contributed by atoms with van der Waals surface area (Å²) in [5, 5.41) is 0. The van der Waals surface area contributed by atoms with Crippen LogP contribution in [-0.2, 0) is 9.47 Å². The molecule has 1 atom stereocenters. The fourth-order valence-corrected chi connectivity index (χ4v) is 4.77. The molecule has 1 saturated heterocycles. The van der Waals surface area contributed by atoms with Gasteiger partial charge in [-0.15, -0.1) is 0 Å². The lowest BCUT2D eigenvalue weighted by Gasteiger charge is -2.24. The lowest BCUT2D eigenvalue weighted by atomic mass is 10.1. The Kier molecular flexibility index (Phi) is 6.52. The van der Waals surface area contributed by atoms with Crippen molar-refractivity contribution >= 4 is 23.2 Å². The normalized spacial score (nSPS) is 15.6. The smallest absolute Gasteiger partial charge is 0.410 e. The number of carbonyl (C=O) groups is 2. The molecular weight excluding hydrogens is 484 g/mol. The number of amides is 1. The predicted molar refractivity (Wildman–Crippen MR) is 144 cm³/mol. The molecule has 1 unspecified atom stereocenters. The summed E-state index contributed by atoms with van der Waals surface area (Å²) in [5.74, 6) is -0.590. The molecule has 5 rings (SSSR count). The molecule has 1 fully saturated rings. The Morgan fingerprint density at radius 1 is 0.947 bits per heavy atom. The van der Waals surface area contributed by atoms with Crippen molar-refractivity contribution in [2.45, 2.75) is 38.8 Å². The molecule has 0 saturated carbocycles. The van der Waals surface area contributed by atoms with Crippen LogP contribution in [0.4, 0.5) is 4.79 Å². The van der Waals surface area contributed by atoms with E-state index in [4.69, 9.17) is 9.47 Å². The summed E-state index contributed by atoms with van der Waals surface area (Å²) in [6.07, 6.45) is 0.131. The molecule has 196 valence electrons. The number of likely N-dealkylation sites (tertiary alicyclic amines) is 1. The van der Waals surface area contributed by atoms with Gasteiger partial charge >= 0.3 is 17.8 Å². The Hall–Kier alpha value is -4.40. The van der Waals surface area contributed by atoms with Crippen LogP contribution in [-0.4, -0.2) is 56.9 Å². The Bertz CT molecular complexity index is 1550. The highest BCUT2D eigenvalue weighted by Gasteiger charge is 2.33. The van der Waals surface area contributed by atoms with Gasteiger partial charge in [-0.05, 0) is 62.6 Å². The maximum atomic E-state index is 13.9. The fourth-order valence-electron chi connectivity index (χ4n) is 4.77. The summed E-state index contributed by atoms with van der Waals surface area (Å²) in [7, 11) is 1.29. The number of aromatic nitrogens is 3. The number of nitrogens with zero attached hydrogens (tertiary/aromatic N) is 4. The van der Waals surface area contributed by atoms with Gasteiger partial charge in [0, 0.05) is 13.1 Å². The van der Waals surface area contributed by atoms with E-state index in [1.807, 2.05) is 75.4 Å². The maximum Gasteiger partial charge on any atom is 0.410 e. The molecule has 9 nitrogen and oxygen atoms in total. The first-order valence-corrected chi connectivity index (χ1v) is 12.5. The van der Waals surface area contributed by atoms with Crippen LogP contribution in [0.25, 0.3) is 28.0 Å². The number of hydrogen-bond acceptors (Lipinski definition) is 6. The number of esters is 1. The van der Waals surface area contributed by atoms with Crippen LogP contribution in [0.3, 0.4) is 0 Å². The van der Waals surface area contributed by atoms with E-state index in [1.165, 1.54) is 7.11 Å². The highest BCUT2D eigenvalue weighted by Crippen LogP contribution is 2.28. The second kappa shape index (κ2) is 9.81. The number of methoxy groups -OCH3 is 1. The molecule has 2 aromatic heterocycles. The van der Waals surface area contributed by atoms with Gasteiger partial charge in [-0.3, -0.25) is 9.13 Å². The number of carbonyl (C=O) groups excluding carboxylic acids is 2. The topological polar surface area (TPSA) is 95.7 Å². The van der Waals surface area contributed by atoms with Crippen molar-refractivity contribution in [2.75, 3.05) is 20.2 Å². The van der Waals surface area contributed by atoms with Crippen LogP contribution < -0.4 is 5.69 Å². The van der Waals surface area contributed by atoms with Crippen molar-refractivity contribution in [3.63, 3.8) is 0 Å². The molecule has 1 amide bonds. The quantitative estimate of drug-likeness (QED) is 0.362. The lowest BCUT2D eigenvalue weighted by molar-refractivity contribution is 0.0288. The predicted octanol–water partition coefficient (Wildman–Crippen LogP) is 4.82. The van der Waals surface area contributed by atoms with Crippen LogP contribution in [0, 0.1) is 0 Å². The third kappa shape index (κ3) is 4.79. The first kappa shape index (κ1) is 25.3. The summed E-state index contributed by atoms with van der Waals surface area (Å²) < 4.78 is 13.6. The van der Waals surface area contributed by atoms with Gasteiger partial charge in [0.05, 0.1) is 24.4 Å². The Morgan fingerprint density at radius 2 is 1.63 bits per heavy atom. The molecule has 4 aromatic rings. The molecular formula is C29H30N4O5. The molecule has 38 heavy (non-hydrogen) atoms. The van der Waals surface area contributed by atoms with Crippen LogP contribution in [0.15, 0.2) is 71.5 Å². The molecule has 0 bridgehead atoms. The molecule has 2 aromatic carbocycles. The minimum absolute atomic E-state index is 0.104. The van der Waals surface area contributed by atoms with Gasteiger partial charge in [-0.1, -0.05) is 42.5 Å². The molecule has 3 heterocycles. The third-order valence-electron chi connectivity index (χ3n) is 6.53. The van der Waals surface area contributed by atoms with Gasteiger partial charge in [0.1, 0.15) is 5.60 Å². The SMILES string of the molecule is COC(=O)c1ccc2c(n1)n(C1CCN(C(=O)OC(C)(C)C)C1)c(=O)n2-c1ccc(-c2ccccc2)cc1. The number of ether oxygens (including phenoxy) is 2. The second-order valence-electron chi connectivity index (χ2n) is 10.3. The van der Waals surface area contributed by atoms with E-state index < -0.39 is 17.7 Å². The highest BCUT2D eigenvalue weighted by atomic mass is 16.6. The van der Waals surface area contributed by atoms with Crippen molar-refractivity contribution in [3.8, 4) is 16.8 Å². The summed E-state index contributed by atoms with van der Waals surface area (Å²) >= 11 is 0. The van der Waals surface area contributed by atoms with Crippen LogP contribution in [0.2, 0.25) is 0 Å². The molecule has 9 heteroatoms. The van der Waals surface area contributed by atoms with E-state index in [0.717, 1.165) is 11.1 Å². The van der Waals surface area contributed by atoms with Gasteiger partial charge in [0.25, 0.3) is 0 Å². The van der Waals surface area contributed by atoms with Crippen LogP contribution >= 0.6 is 0 Å². The first-order valence-electron chi connectivity index (χ1n) is 12.5. The number of benzene rings is 2. The summed E-state index contributed by atoms with van der Waals surface area (Å²) in [5.41, 5.74) is 2.89. The van der Waals surface area contributed by atoms with E-state index in [-0.39, 0.29) is 17.4 Å². The molecule has 0 N–H and O–H groups in total. The Balaban J connectivity index is 1.57. The molecule has 0 aliphatic carbocycles. The number of pyridine rings is 1. The number of fused-ring (bicyclic) bond motifs is 1. The number of rotatable bonds is 4. The summed E-state index contributed by atoms with van der Waals surface area (Å²) in [4.78, 5) is 45.0. The zero-order valence-electron chi connectivity index (χ0n) is 21.9. The second-order valence-corrected chi connectivity index (χ2v) is 10.3. The van der Waals surface area contributed by atoms with Gasteiger partial charge in [0.2, 0.25) is 0 Å². The fraction of sp³-hybridized carbons (Fsp3) is 0.310. The third-order valence-corrected chi connectivity index (χ3v) is 6.53. The van der Waals surface area contributed by atoms with Gasteiger partial charge in [-0.25, -0.2) is 19.4 Å². The zero-order valence-corrected chi connectivity index (χ0v) is 21.9. The molecule has 1 aliphatic rings. The van der Waals surface area contributed by atoms with Crippen molar-refractivity contribution in [1.29, 1.82) is 0 Å². The van der Waals surface area contributed by atoms with E-state index in [0.29, 0.717) is 36.4 Å². The van der Waals surface area contributed by atoms with E-state index in [9.17, 15) is 14.4 Å². The summed E-state index contributed by atoms with van der Waals surface area (Å²) in [6.45, 7) is 6.19. The van der Waals surface area contributed by atoms with E-state index >= 15 is 0 Å². The lowest BCUT2D eigenvalue weighted by Crippen LogP contribution is -2.36. The van der Waals surface area contributed by atoms with Crippen molar-refractivity contribution < 1.29 is 19.1 Å². The van der Waals surface area contributed by atoms with Gasteiger partial charge < -0.3 is 14.4 Å². The van der Waals surface area contributed by atoms with Crippen LogP contribution in [0.1, 0.15) is 43.7 Å². The number of imidazole rings is 1. The van der Waals surface area contributed by atoms with Crippen molar-refractivity contribution in [3.05, 3.63) is 82.9 Å². The van der Waals surface area contributed by atoms with Crippen molar-refractivity contribution in [2.24, 2.45) is 0 Å². The van der Waals surface area contributed by atoms with Crippen molar-refractivity contribution in [1.82, 2.24) is 19.0 Å². The first-order chi connectivity index (χ1) is 18.2. The zero-order chi connectivity index (χ0) is 27.0. The summed E-state index contributed by atoms with van der Waals surface area (Å²) in [6, 6.07) is 20.6. The number of hydrogen-bond donors (Lipinski definition) is 0. The molecule has 0 radical (unpaired) electrons.